The summed E-state index contributed by atoms with van der Waals surface area (Å²) >= 11 is 0. The highest BCUT2D eigenvalue weighted by atomic mass is 19.1. The van der Waals surface area contributed by atoms with E-state index in [0.29, 0.717) is 22.4 Å². The summed E-state index contributed by atoms with van der Waals surface area (Å²) in [4.78, 5) is 32.7. The number of amides is 2. The van der Waals surface area contributed by atoms with Crippen molar-refractivity contribution in [1.29, 1.82) is 0 Å². The molecule has 37 heavy (non-hydrogen) atoms. The first-order valence-electron chi connectivity index (χ1n) is 11.8. The molecule has 0 fully saturated rings. The number of anilines is 1. The van der Waals surface area contributed by atoms with Gasteiger partial charge in [-0.25, -0.2) is 9.29 Å². The average molecular weight is 491 g/mol. The molecule has 0 spiro atoms. The quantitative estimate of drug-likeness (QED) is 0.321. The number of pyridine rings is 1. The monoisotopic (exact) mass is 490 g/mol. The molecule has 7 heteroatoms. The second-order valence-corrected chi connectivity index (χ2v) is 8.49. The molecule has 0 aliphatic heterocycles. The number of rotatable bonds is 7. The van der Waals surface area contributed by atoms with Crippen LogP contribution >= 0.6 is 0 Å². The molecule has 2 heterocycles. The van der Waals surface area contributed by atoms with E-state index >= 15 is 0 Å². The van der Waals surface area contributed by atoms with E-state index in [4.69, 9.17) is 0 Å². The predicted octanol–water partition coefficient (Wildman–Crippen LogP) is 5.62. The molecular weight excluding hydrogens is 467 g/mol. The molecule has 5 rings (SSSR count). The number of carbonyl (C=O) groups excluding carboxylic acids is 2. The van der Waals surface area contributed by atoms with Crippen LogP contribution in [0.3, 0.4) is 0 Å². The Morgan fingerprint density at radius 3 is 1.78 bits per heavy atom. The van der Waals surface area contributed by atoms with Crippen molar-refractivity contribution in [2.45, 2.75) is 12.8 Å². The summed E-state index contributed by atoms with van der Waals surface area (Å²) in [5.41, 5.74) is 4.05. The van der Waals surface area contributed by atoms with Crippen molar-refractivity contribution in [3.8, 4) is 22.4 Å². The van der Waals surface area contributed by atoms with Crippen LogP contribution in [0, 0.1) is 5.82 Å². The smallest absolute Gasteiger partial charge is 0.239 e. The Morgan fingerprint density at radius 2 is 1.24 bits per heavy atom. The van der Waals surface area contributed by atoms with E-state index in [-0.39, 0.29) is 24.5 Å². The third-order valence-electron chi connectivity index (χ3n) is 5.96. The Labute approximate surface area is 213 Å². The van der Waals surface area contributed by atoms with Gasteiger partial charge in [0.2, 0.25) is 11.8 Å². The Kier molecular flexibility index (Phi) is 6.94. The van der Waals surface area contributed by atoms with E-state index in [2.05, 4.69) is 15.2 Å². The fourth-order valence-electron chi connectivity index (χ4n) is 4.19. The second kappa shape index (κ2) is 10.8. The minimum atomic E-state index is -0.403. The van der Waals surface area contributed by atoms with E-state index in [9.17, 15) is 14.0 Å². The summed E-state index contributed by atoms with van der Waals surface area (Å²) in [6.45, 7) is 0. The third-order valence-corrected chi connectivity index (χ3v) is 5.96. The van der Waals surface area contributed by atoms with Gasteiger partial charge in [0.1, 0.15) is 5.82 Å². The third kappa shape index (κ3) is 5.36. The molecule has 0 aliphatic carbocycles. The predicted molar refractivity (Wildman–Crippen MR) is 140 cm³/mol. The molecule has 5 aromatic rings. The molecule has 182 valence electrons. The van der Waals surface area contributed by atoms with E-state index in [1.54, 1.807) is 36.7 Å². The van der Waals surface area contributed by atoms with E-state index in [1.165, 1.54) is 12.1 Å². The van der Waals surface area contributed by atoms with Crippen molar-refractivity contribution in [2.75, 3.05) is 4.90 Å². The number of nitrogens with zero attached hydrogens (tertiary/aromatic N) is 3. The van der Waals surface area contributed by atoms with Gasteiger partial charge in [-0.2, -0.15) is 5.10 Å². The number of hydrogen-bond acceptors (Lipinski definition) is 4. The lowest BCUT2D eigenvalue weighted by atomic mass is 10.0. The normalized spacial score (nSPS) is 10.7. The van der Waals surface area contributed by atoms with Crippen LogP contribution in [0.15, 0.2) is 109 Å². The molecule has 0 radical (unpaired) electrons. The van der Waals surface area contributed by atoms with Gasteiger partial charge < -0.3 is 0 Å². The van der Waals surface area contributed by atoms with Crippen LogP contribution in [0.4, 0.5) is 10.2 Å². The maximum atomic E-state index is 13.7. The summed E-state index contributed by atoms with van der Waals surface area (Å²) < 4.78 is 13.7. The standard InChI is InChI=1S/C30H23FN4O2/c31-25-13-11-24(12-14-25)29-28(23-15-17-32-18-16-23)30(34-33-29)35(26(36)19-21-7-3-1-4-8-21)27(37)20-22-9-5-2-6-10-22/h1-18H,19-20H2,(H,33,34). The van der Waals surface area contributed by atoms with Crippen LogP contribution in [-0.4, -0.2) is 27.0 Å². The average Bonchev–Trinajstić information content (AvgIpc) is 3.35. The van der Waals surface area contributed by atoms with Gasteiger partial charge in [-0.15, -0.1) is 0 Å². The summed E-state index contributed by atoms with van der Waals surface area (Å²) in [5, 5.41) is 7.45. The fraction of sp³-hybridized carbons (Fsp3) is 0.0667. The van der Waals surface area contributed by atoms with Gasteiger partial charge in [-0.1, -0.05) is 60.7 Å². The van der Waals surface area contributed by atoms with Crippen LogP contribution < -0.4 is 4.90 Å². The largest absolute Gasteiger partial charge is 0.275 e. The molecule has 3 aromatic carbocycles. The van der Waals surface area contributed by atoms with Crippen molar-refractivity contribution in [3.05, 3.63) is 126 Å². The molecule has 1 N–H and O–H groups in total. The first kappa shape index (κ1) is 23.8. The van der Waals surface area contributed by atoms with Crippen molar-refractivity contribution < 1.29 is 14.0 Å². The van der Waals surface area contributed by atoms with Crippen LogP contribution in [0.1, 0.15) is 11.1 Å². The molecule has 0 bridgehead atoms. The Morgan fingerprint density at radius 1 is 0.703 bits per heavy atom. The Bertz CT molecular complexity index is 1450. The zero-order valence-corrected chi connectivity index (χ0v) is 19.8. The number of aromatic nitrogens is 3. The number of halogens is 1. The van der Waals surface area contributed by atoms with E-state index in [0.717, 1.165) is 16.0 Å². The molecule has 0 saturated heterocycles. The summed E-state index contributed by atoms with van der Waals surface area (Å²) in [6.07, 6.45) is 3.30. The van der Waals surface area contributed by atoms with Gasteiger partial charge in [-0.3, -0.25) is 19.7 Å². The summed E-state index contributed by atoms with van der Waals surface area (Å²) in [6, 6.07) is 28.0. The van der Waals surface area contributed by atoms with Gasteiger partial charge in [0.25, 0.3) is 0 Å². The van der Waals surface area contributed by atoms with E-state index in [1.807, 2.05) is 60.7 Å². The summed E-state index contributed by atoms with van der Waals surface area (Å²) in [7, 11) is 0. The highest BCUT2D eigenvalue weighted by molar-refractivity contribution is 6.17. The van der Waals surface area contributed by atoms with Crippen molar-refractivity contribution in [3.63, 3.8) is 0 Å². The Balaban J connectivity index is 1.63. The van der Waals surface area contributed by atoms with Gasteiger partial charge in [-0.05, 0) is 53.1 Å². The van der Waals surface area contributed by atoms with Crippen molar-refractivity contribution in [1.82, 2.24) is 15.2 Å². The fourth-order valence-corrected chi connectivity index (χ4v) is 4.19. The minimum absolute atomic E-state index is 0.0237. The number of nitrogens with one attached hydrogen (secondary N) is 1. The number of aromatic amines is 1. The maximum Gasteiger partial charge on any atom is 0.239 e. The Hall–Kier alpha value is -4.91. The van der Waals surface area contributed by atoms with E-state index < -0.39 is 11.8 Å². The maximum absolute atomic E-state index is 13.7. The lowest BCUT2D eigenvalue weighted by molar-refractivity contribution is -0.125. The van der Waals surface area contributed by atoms with Gasteiger partial charge >= 0.3 is 0 Å². The zero-order valence-electron chi connectivity index (χ0n) is 19.8. The first-order chi connectivity index (χ1) is 18.1. The number of benzene rings is 3. The molecule has 2 aromatic heterocycles. The summed E-state index contributed by atoms with van der Waals surface area (Å²) in [5.74, 6) is -0.988. The SMILES string of the molecule is O=C(Cc1ccccc1)N(C(=O)Cc1ccccc1)c1n[nH]c(-c2ccc(F)cc2)c1-c1ccncc1. The first-order valence-corrected chi connectivity index (χ1v) is 11.8. The number of imide groups is 1. The van der Waals surface area contributed by atoms with Crippen LogP contribution in [0.25, 0.3) is 22.4 Å². The molecule has 2 amide bonds. The topological polar surface area (TPSA) is 79.0 Å². The molecule has 0 aliphatic rings. The minimum Gasteiger partial charge on any atom is -0.275 e. The lowest BCUT2D eigenvalue weighted by Gasteiger charge is -2.21. The van der Waals surface area contributed by atoms with Crippen molar-refractivity contribution >= 4 is 17.6 Å². The van der Waals surface area contributed by atoms with Crippen molar-refractivity contribution in [2.24, 2.45) is 0 Å². The van der Waals surface area contributed by atoms with Crippen LogP contribution in [0.5, 0.6) is 0 Å². The molecule has 0 saturated carbocycles. The molecule has 0 atom stereocenters. The lowest BCUT2D eigenvalue weighted by Crippen LogP contribution is -2.39. The zero-order chi connectivity index (χ0) is 25.6. The number of carbonyl (C=O) groups is 2. The number of hydrogen-bond donors (Lipinski definition) is 1. The van der Waals surface area contributed by atoms with Gasteiger partial charge in [0.05, 0.1) is 24.1 Å². The van der Waals surface area contributed by atoms with Crippen LogP contribution in [0.2, 0.25) is 0 Å². The highest BCUT2D eigenvalue weighted by Gasteiger charge is 2.30. The molecule has 0 unspecified atom stereocenters. The number of H-pyrrole nitrogens is 1. The van der Waals surface area contributed by atoms with Crippen LogP contribution in [-0.2, 0) is 22.4 Å². The van der Waals surface area contributed by atoms with Gasteiger partial charge in [0.15, 0.2) is 5.82 Å². The second-order valence-electron chi connectivity index (χ2n) is 8.49. The molecular formula is C30H23FN4O2. The van der Waals surface area contributed by atoms with Gasteiger partial charge in [0, 0.05) is 18.0 Å². The highest BCUT2D eigenvalue weighted by Crippen LogP contribution is 2.38. The molecule has 6 nitrogen and oxygen atoms in total.